The maximum Gasteiger partial charge on any atom is 0.240 e. The van der Waals surface area contributed by atoms with Crippen molar-refractivity contribution in [3.8, 4) is 0 Å². The first-order valence-electron chi connectivity index (χ1n) is 8.82. The minimum Gasteiger partial charge on any atom is -0.373 e. The second kappa shape index (κ2) is 8.53. The molecule has 1 aliphatic carbocycles. The van der Waals surface area contributed by atoms with Crippen molar-refractivity contribution in [1.29, 1.82) is 0 Å². The zero-order valence-electron chi connectivity index (χ0n) is 14.8. The minimum absolute atomic E-state index is 0.0536. The Balaban J connectivity index is 1.54. The molecule has 1 saturated carbocycles. The van der Waals surface area contributed by atoms with Crippen molar-refractivity contribution in [1.82, 2.24) is 4.72 Å². The van der Waals surface area contributed by atoms with Crippen LogP contribution < -0.4 is 4.72 Å². The van der Waals surface area contributed by atoms with Crippen LogP contribution in [0.4, 0.5) is 0 Å². The fourth-order valence-electron chi connectivity index (χ4n) is 3.14. The van der Waals surface area contributed by atoms with Crippen molar-refractivity contribution < 1.29 is 13.2 Å². The van der Waals surface area contributed by atoms with Crippen molar-refractivity contribution in [2.24, 2.45) is 0 Å². The maximum atomic E-state index is 12.5. The summed E-state index contributed by atoms with van der Waals surface area (Å²) in [7, 11) is -3.56. The Morgan fingerprint density at radius 2 is 1.77 bits per heavy atom. The second-order valence-corrected chi connectivity index (χ2v) is 9.06. The fraction of sp³-hybridized carbons (Fsp3) is 0.400. The van der Waals surface area contributed by atoms with Crippen LogP contribution in [-0.4, -0.2) is 25.9 Å². The smallest absolute Gasteiger partial charge is 0.240 e. The standard InChI is InChI=1S/C20H24ClNO3S/c1-15-7-10-18(11-8-15)26(23,24)22-20-12-9-17(13-19(20)21)25-14-16-5-3-2-4-6-16/h2-8,10-11,17,19-20,22H,9,12-14H2,1H3/t17-,19+,20+/m0/s1. The molecular formula is C20H24ClNO3S. The first-order chi connectivity index (χ1) is 12.4. The van der Waals surface area contributed by atoms with Gasteiger partial charge in [-0.15, -0.1) is 11.6 Å². The van der Waals surface area contributed by atoms with Gasteiger partial charge >= 0.3 is 0 Å². The number of hydrogen-bond acceptors (Lipinski definition) is 3. The van der Waals surface area contributed by atoms with E-state index in [1.807, 2.05) is 37.3 Å². The molecule has 0 amide bonds. The van der Waals surface area contributed by atoms with Crippen LogP contribution in [0.3, 0.4) is 0 Å². The van der Waals surface area contributed by atoms with Gasteiger partial charge in [-0.2, -0.15) is 0 Å². The van der Waals surface area contributed by atoms with E-state index in [0.717, 1.165) is 17.5 Å². The fourth-order valence-corrected chi connectivity index (χ4v) is 4.91. The number of alkyl halides is 1. The molecule has 0 bridgehead atoms. The van der Waals surface area contributed by atoms with Gasteiger partial charge in [-0.1, -0.05) is 48.0 Å². The summed E-state index contributed by atoms with van der Waals surface area (Å²) in [6.45, 7) is 2.48. The third-order valence-electron chi connectivity index (χ3n) is 4.69. The molecule has 0 saturated heterocycles. The number of aryl methyl sites for hydroxylation is 1. The number of benzene rings is 2. The third kappa shape index (κ3) is 5.07. The van der Waals surface area contributed by atoms with Gasteiger partial charge in [-0.25, -0.2) is 13.1 Å². The number of sulfonamides is 1. The molecule has 0 unspecified atom stereocenters. The molecular weight excluding hydrogens is 370 g/mol. The van der Waals surface area contributed by atoms with E-state index in [1.165, 1.54) is 0 Å². The van der Waals surface area contributed by atoms with E-state index in [9.17, 15) is 8.42 Å². The van der Waals surface area contributed by atoms with Crippen molar-refractivity contribution in [3.63, 3.8) is 0 Å². The lowest BCUT2D eigenvalue weighted by molar-refractivity contribution is 0.0140. The summed E-state index contributed by atoms with van der Waals surface area (Å²) in [6, 6.07) is 16.6. The van der Waals surface area contributed by atoms with Crippen LogP contribution in [0.2, 0.25) is 0 Å². The molecule has 0 spiro atoms. The summed E-state index contributed by atoms with van der Waals surface area (Å²) >= 11 is 6.47. The van der Waals surface area contributed by atoms with Crippen LogP contribution in [-0.2, 0) is 21.4 Å². The molecule has 140 valence electrons. The van der Waals surface area contributed by atoms with Crippen LogP contribution in [0.25, 0.3) is 0 Å². The summed E-state index contributed by atoms with van der Waals surface area (Å²) in [6.07, 6.45) is 2.14. The molecule has 0 aromatic heterocycles. The van der Waals surface area contributed by atoms with E-state index >= 15 is 0 Å². The van der Waals surface area contributed by atoms with Crippen LogP contribution in [0, 0.1) is 6.92 Å². The van der Waals surface area contributed by atoms with Gasteiger partial charge in [0, 0.05) is 6.04 Å². The molecule has 26 heavy (non-hydrogen) atoms. The van der Waals surface area contributed by atoms with Gasteiger partial charge in [0.15, 0.2) is 0 Å². The monoisotopic (exact) mass is 393 g/mol. The molecule has 1 aliphatic rings. The Bertz CT molecular complexity index is 809. The Hall–Kier alpha value is -1.40. The number of ether oxygens (including phenoxy) is 1. The van der Waals surface area contributed by atoms with E-state index in [0.29, 0.717) is 19.4 Å². The van der Waals surface area contributed by atoms with Gasteiger partial charge < -0.3 is 4.74 Å². The highest BCUT2D eigenvalue weighted by atomic mass is 35.5. The normalized spacial score (nSPS) is 23.7. The maximum absolute atomic E-state index is 12.5. The predicted octanol–water partition coefficient (Wildman–Crippen LogP) is 4.02. The lowest BCUT2D eigenvalue weighted by atomic mass is 9.93. The molecule has 1 N–H and O–H groups in total. The van der Waals surface area contributed by atoms with Gasteiger partial charge in [0.1, 0.15) is 0 Å². The highest BCUT2D eigenvalue weighted by molar-refractivity contribution is 7.89. The number of nitrogens with one attached hydrogen (secondary N) is 1. The summed E-state index contributed by atoms with van der Waals surface area (Å²) in [4.78, 5) is 0.273. The van der Waals surface area contributed by atoms with Crippen molar-refractivity contribution >= 4 is 21.6 Å². The summed E-state index contributed by atoms with van der Waals surface area (Å²) < 4.78 is 33.8. The molecule has 4 nitrogen and oxygen atoms in total. The Morgan fingerprint density at radius 3 is 2.42 bits per heavy atom. The first kappa shape index (κ1) is 19.4. The Labute approximate surface area is 160 Å². The van der Waals surface area contributed by atoms with Crippen molar-refractivity contribution in [2.45, 2.75) is 55.2 Å². The molecule has 2 aromatic rings. The van der Waals surface area contributed by atoms with Gasteiger partial charge in [0.25, 0.3) is 0 Å². The van der Waals surface area contributed by atoms with Crippen molar-refractivity contribution in [3.05, 3.63) is 65.7 Å². The zero-order valence-corrected chi connectivity index (χ0v) is 16.3. The van der Waals surface area contributed by atoms with E-state index in [2.05, 4.69) is 4.72 Å². The van der Waals surface area contributed by atoms with Crippen LogP contribution in [0.1, 0.15) is 30.4 Å². The SMILES string of the molecule is Cc1ccc(S(=O)(=O)N[C@@H]2CC[C@H](OCc3ccccc3)C[C@H]2Cl)cc1. The molecule has 3 atom stereocenters. The highest BCUT2D eigenvalue weighted by Gasteiger charge is 2.32. The van der Waals surface area contributed by atoms with E-state index in [4.69, 9.17) is 16.3 Å². The van der Waals surface area contributed by atoms with E-state index in [1.54, 1.807) is 24.3 Å². The van der Waals surface area contributed by atoms with Gasteiger partial charge in [0.2, 0.25) is 10.0 Å². The lowest BCUT2D eigenvalue weighted by Crippen LogP contribution is -2.45. The summed E-state index contributed by atoms with van der Waals surface area (Å²) in [5, 5.41) is -0.287. The summed E-state index contributed by atoms with van der Waals surface area (Å²) in [5.74, 6) is 0. The molecule has 0 aliphatic heterocycles. The average Bonchev–Trinajstić information content (AvgIpc) is 2.63. The molecule has 6 heteroatoms. The van der Waals surface area contributed by atoms with E-state index < -0.39 is 10.0 Å². The summed E-state index contributed by atoms with van der Waals surface area (Å²) in [5.41, 5.74) is 2.15. The van der Waals surface area contributed by atoms with Crippen LogP contribution in [0.5, 0.6) is 0 Å². The number of hydrogen-bond donors (Lipinski definition) is 1. The molecule has 1 fully saturated rings. The molecule has 0 radical (unpaired) electrons. The van der Waals surface area contributed by atoms with E-state index in [-0.39, 0.29) is 22.4 Å². The van der Waals surface area contributed by atoms with Gasteiger partial charge in [0.05, 0.1) is 23.0 Å². The topological polar surface area (TPSA) is 55.4 Å². The second-order valence-electron chi connectivity index (χ2n) is 6.79. The number of halogens is 1. The molecule has 3 rings (SSSR count). The van der Waals surface area contributed by atoms with Crippen LogP contribution >= 0.6 is 11.6 Å². The quantitative estimate of drug-likeness (QED) is 0.754. The van der Waals surface area contributed by atoms with Crippen molar-refractivity contribution in [2.75, 3.05) is 0 Å². The third-order valence-corrected chi connectivity index (χ3v) is 6.68. The number of rotatable bonds is 6. The average molecular weight is 394 g/mol. The van der Waals surface area contributed by atoms with Gasteiger partial charge in [-0.3, -0.25) is 0 Å². The minimum atomic E-state index is -3.56. The Kier molecular flexibility index (Phi) is 6.35. The largest absolute Gasteiger partial charge is 0.373 e. The predicted molar refractivity (Wildman–Crippen MR) is 104 cm³/mol. The Morgan fingerprint density at radius 1 is 1.08 bits per heavy atom. The zero-order chi connectivity index (χ0) is 18.6. The highest BCUT2D eigenvalue weighted by Crippen LogP contribution is 2.27. The first-order valence-corrected chi connectivity index (χ1v) is 10.7. The molecule has 0 heterocycles. The van der Waals surface area contributed by atoms with Gasteiger partial charge in [-0.05, 0) is 43.9 Å². The lowest BCUT2D eigenvalue weighted by Gasteiger charge is -2.33. The molecule has 2 aromatic carbocycles. The van der Waals surface area contributed by atoms with Crippen LogP contribution in [0.15, 0.2) is 59.5 Å².